The largest absolute Gasteiger partial charge is 0.294 e. The van der Waals surface area contributed by atoms with Gasteiger partial charge >= 0.3 is 0 Å². The van der Waals surface area contributed by atoms with E-state index in [0.717, 1.165) is 17.9 Å². The van der Waals surface area contributed by atoms with Crippen LogP contribution in [0.1, 0.15) is 40.5 Å². The van der Waals surface area contributed by atoms with Crippen molar-refractivity contribution in [2.75, 3.05) is 0 Å². The van der Waals surface area contributed by atoms with Crippen molar-refractivity contribution >= 4 is 23.3 Å². The number of Topliss-reactive ketones (excluding diaryl/α,β-unsaturated/α-hetero) is 1. The first-order valence-electron chi connectivity index (χ1n) is 8.06. The zero-order chi connectivity index (χ0) is 16.7. The SMILES string of the molecule is Cc1cccc(CSc2nc3nc4c(cn3n2)C(=O)C[C@H](C)C4)c1. The number of thioether (sulfide) groups is 1. The van der Waals surface area contributed by atoms with E-state index in [1.54, 1.807) is 22.5 Å². The van der Waals surface area contributed by atoms with Crippen molar-refractivity contribution in [3.8, 4) is 0 Å². The van der Waals surface area contributed by atoms with E-state index in [-0.39, 0.29) is 5.78 Å². The molecule has 0 saturated heterocycles. The molecule has 5 nitrogen and oxygen atoms in total. The van der Waals surface area contributed by atoms with E-state index in [1.165, 1.54) is 11.1 Å². The summed E-state index contributed by atoms with van der Waals surface area (Å²) in [6.45, 7) is 4.17. The van der Waals surface area contributed by atoms with Crippen LogP contribution in [0.25, 0.3) is 5.78 Å². The van der Waals surface area contributed by atoms with Crippen molar-refractivity contribution in [2.24, 2.45) is 5.92 Å². The van der Waals surface area contributed by atoms with E-state index >= 15 is 0 Å². The molecule has 0 fully saturated rings. The molecule has 0 saturated carbocycles. The van der Waals surface area contributed by atoms with Crippen LogP contribution >= 0.6 is 11.8 Å². The Bertz CT molecular complexity index is 934. The summed E-state index contributed by atoms with van der Waals surface area (Å²) in [5.74, 6) is 1.89. The fraction of sp³-hybridized carbons (Fsp3) is 0.333. The summed E-state index contributed by atoms with van der Waals surface area (Å²) in [6.07, 6.45) is 3.20. The van der Waals surface area contributed by atoms with Crippen molar-refractivity contribution in [3.63, 3.8) is 0 Å². The standard InChI is InChI=1S/C18H18N4OS/c1-11-4-3-5-13(6-11)10-24-18-20-17-19-15-7-12(2)8-16(23)14(15)9-22(17)21-18/h3-6,9,12H,7-8,10H2,1-2H3/t12-/m1/s1. The number of hydrogen-bond donors (Lipinski definition) is 0. The van der Waals surface area contributed by atoms with Crippen LogP contribution in [-0.4, -0.2) is 25.4 Å². The van der Waals surface area contributed by atoms with Crippen LogP contribution in [0.5, 0.6) is 0 Å². The molecule has 0 radical (unpaired) electrons. The van der Waals surface area contributed by atoms with Crippen LogP contribution in [0.15, 0.2) is 35.6 Å². The fourth-order valence-electron chi connectivity index (χ4n) is 3.06. The van der Waals surface area contributed by atoms with Gasteiger partial charge in [-0.25, -0.2) is 9.50 Å². The molecule has 2 heterocycles. The van der Waals surface area contributed by atoms with E-state index in [1.807, 2.05) is 0 Å². The van der Waals surface area contributed by atoms with E-state index in [9.17, 15) is 4.79 Å². The summed E-state index contributed by atoms with van der Waals surface area (Å²) in [5, 5.41) is 5.15. The number of benzene rings is 1. The van der Waals surface area contributed by atoms with E-state index in [0.29, 0.717) is 28.8 Å². The van der Waals surface area contributed by atoms with Gasteiger partial charge in [0.1, 0.15) is 0 Å². The summed E-state index contributed by atoms with van der Waals surface area (Å²) < 4.78 is 1.63. The smallest absolute Gasteiger partial charge is 0.253 e. The number of rotatable bonds is 3. The lowest BCUT2D eigenvalue weighted by Gasteiger charge is -2.18. The lowest BCUT2D eigenvalue weighted by atomic mass is 9.88. The average molecular weight is 338 g/mol. The molecule has 1 aromatic carbocycles. The zero-order valence-corrected chi connectivity index (χ0v) is 14.5. The van der Waals surface area contributed by atoms with Crippen LogP contribution in [-0.2, 0) is 12.2 Å². The number of ketones is 1. The molecule has 0 unspecified atom stereocenters. The molecule has 1 atom stereocenters. The van der Waals surface area contributed by atoms with Crippen LogP contribution < -0.4 is 0 Å². The van der Waals surface area contributed by atoms with E-state index in [4.69, 9.17) is 0 Å². The van der Waals surface area contributed by atoms with Crippen molar-refractivity contribution in [1.29, 1.82) is 0 Å². The summed E-state index contributed by atoms with van der Waals surface area (Å²) >= 11 is 1.58. The maximum absolute atomic E-state index is 12.2. The fourth-order valence-corrected chi connectivity index (χ4v) is 3.83. The minimum Gasteiger partial charge on any atom is -0.294 e. The monoisotopic (exact) mass is 338 g/mol. The van der Waals surface area contributed by atoms with Gasteiger partial charge in [-0.15, -0.1) is 5.10 Å². The number of aromatic nitrogens is 4. The van der Waals surface area contributed by atoms with Gasteiger partial charge in [0, 0.05) is 18.4 Å². The molecular formula is C18H18N4OS. The quantitative estimate of drug-likeness (QED) is 0.684. The summed E-state index contributed by atoms with van der Waals surface area (Å²) in [5.41, 5.74) is 4.04. The third-order valence-electron chi connectivity index (χ3n) is 4.22. The van der Waals surface area contributed by atoms with E-state index in [2.05, 4.69) is 53.2 Å². The second-order valence-corrected chi connectivity index (χ2v) is 7.40. The average Bonchev–Trinajstić information content (AvgIpc) is 2.93. The minimum atomic E-state index is 0.155. The number of hydrogen-bond acceptors (Lipinski definition) is 5. The first-order valence-corrected chi connectivity index (χ1v) is 9.05. The van der Waals surface area contributed by atoms with Gasteiger partial charge in [0.25, 0.3) is 5.78 Å². The van der Waals surface area contributed by atoms with Crippen LogP contribution in [0.2, 0.25) is 0 Å². The predicted molar refractivity (Wildman–Crippen MR) is 93.3 cm³/mol. The van der Waals surface area contributed by atoms with E-state index < -0.39 is 0 Å². The van der Waals surface area contributed by atoms with Gasteiger partial charge in [0.2, 0.25) is 5.16 Å². The molecule has 3 aromatic rings. The normalized spacial score (nSPS) is 17.2. The second kappa shape index (κ2) is 6.02. The molecule has 122 valence electrons. The molecule has 0 aliphatic heterocycles. The maximum atomic E-state index is 12.2. The van der Waals surface area contributed by atoms with Gasteiger partial charge in [-0.2, -0.15) is 4.98 Å². The van der Waals surface area contributed by atoms with Gasteiger partial charge in [-0.05, 0) is 24.8 Å². The lowest BCUT2D eigenvalue weighted by Crippen LogP contribution is -2.20. The molecule has 1 aliphatic rings. The third-order valence-corrected chi connectivity index (χ3v) is 5.13. The van der Waals surface area contributed by atoms with Crippen LogP contribution in [0.3, 0.4) is 0 Å². The van der Waals surface area contributed by atoms with Crippen molar-refractivity contribution in [1.82, 2.24) is 19.6 Å². The number of nitrogens with zero attached hydrogens (tertiary/aromatic N) is 4. The molecule has 0 amide bonds. The van der Waals surface area contributed by atoms with Crippen LogP contribution in [0, 0.1) is 12.8 Å². The van der Waals surface area contributed by atoms with Crippen molar-refractivity contribution in [2.45, 2.75) is 37.6 Å². The molecule has 4 rings (SSSR count). The Balaban J connectivity index is 1.60. The first kappa shape index (κ1) is 15.3. The maximum Gasteiger partial charge on any atom is 0.253 e. The predicted octanol–water partition coefficient (Wildman–Crippen LogP) is 3.49. The Morgan fingerprint density at radius 2 is 2.17 bits per heavy atom. The second-order valence-electron chi connectivity index (χ2n) is 6.45. The number of fused-ring (bicyclic) bond motifs is 2. The number of aryl methyl sites for hydroxylation is 1. The first-order chi connectivity index (χ1) is 11.6. The molecule has 6 heteroatoms. The molecule has 24 heavy (non-hydrogen) atoms. The van der Waals surface area contributed by atoms with Gasteiger partial charge in [-0.3, -0.25) is 4.79 Å². The highest BCUT2D eigenvalue weighted by atomic mass is 32.2. The highest BCUT2D eigenvalue weighted by molar-refractivity contribution is 7.98. The Kier molecular flexibility index (Phi) is 3.84. The summed E-state index contributed by atoms with van der Waals surface area (Å²) in [7, 11) is 0. The lowest BCUT2D eigenvalue weighted by molar-refractivity contribution is 0.0951. The van der Waals surface area contributed by atoms with Gasteiger partial charge < -0.3 is 0 Å². The molecule has 2 aromatic heterocycles. The molecular weight excluding hydrogens is 320 g/mol. The van der Waals surface area contributed by atoms with Crippen molar-refractivity contribution in [3.05, 3.63) is 52.8 Å². The summed E-state index contributed by atoms with van der Waals surface area (Å²) in [4.78, 5) is 21.2. The Morgan fingerprint density at radius 3 is 3.00 bits per heavy atom. The van der Waals surface area contributed by atoms with Crippen molar-refractivity contribution < 1.29 is 4.79 Å². The summed E-state index contributed by atoms with van der Waals surface area (Å²) in [6, 6.07) is 8.42. The highest BCUT2D eigenvalue weighted by Crippen LogP contribution is 2.25. The molecule has 0 N–H and O–H groups in total. The Morgan fingerprint density at radius 1 is 1.29 bits per heavy atom. The third kappa shape index (κ3) is 2.94. The number of carbonyl (C=O) groups is 1. The molecule has 0 bridgehead atoms. The number of carbonyl (C=O) groups excluding carboxylic acids is 1. The highest BCUT2D eigenvalue weighted by Gasteiger charge is 2.25. The topological polar surface area (TPSA) is 60.1 Å². The molecule has 0 spiro atoms. The Hall–Kier alpha value is -2.21. The minimum absolute atomic E-state index is 0.155. The zero-order valence-electron chi connectivity index (χ0n) is 13.7. The van der Waals surface area contributed by atoms with Crippen LogP contribution in [0.4, 0.5) is 0 Å². The van der Waals surface area contributed by atoms with Gasteiger partial charge in [0.15, 0.2) is 5.78 Å². The van der Waals surface area contributed by atoms with Gasteiger partial charge in [-0.1, -0.05) is 48.5 Å². The molecule has 1 aliphatic carbocycles. The van der Waals surface area contributed by atoms with Gasteiger partial charge in [0.05, 0.1) is 11.3 Å². The Labute approximate surface area is 144 Å².